The molecular weight excluding hydrogens is 521 g/mol. The number of carbonyl (C=O) groups is 1. The maximum atomic E-state index is 13.7. The number of halogens is 3. The highest BCUT2D eigenvalue weighted by Crippen LogP contribution is 2.35. The van der Waals surface area contributed by atoms with E-state index < -0.39 is 17.6 Å². The van der Waals surface area contributed by atoms with Crippen LogP contribution in [0.15, 0.2) is 69.6 Å². The van der Waals surface area contributed by atoms with Crippen molar-refractivity contribution < 1.29 is 18.0 Å². The molecule has 0 aliphatic heterocycles. The van der Waals surface area contributed by atoms with Crippen molar-refractivity contribution >= 4 is 45.4 Å². The number of amides is 1. The predicted octanol–water partition coefficient (Wildman–Crippen LogP) is 5.59. The van der Waals surface area contributed by atoms with Crippen LogP contribution >= 0.6 is 23.1 Å². The number of benzene rings is 2. The smallest absolute Gasteiger partial charge is 0.272 e. The summed E-state index contributed by atoms with van der Waals surface area (Å²) < 4.78 is 39.6. The van der Waals surface area contributed by atoms with Gasteiger partial charge >= 0.3 is 6.18 Å². The van der Waals surface area contributed by atoms with Gasteiger partial charge in [-0.25, -0.2) is 10.4 Å². The molecule has 1 amide bonds. The zero-order valence-electron chi connectivity index (χ0n) is 19.4. The van der Waals surface area contributed by atoms with Gasteiger partial charge in [-0.3, -0.25) is 14.2 Å². The van der Waals surface area contributed by atoms with E-state index in [1.54, 1.807) is 15.9 Å². The lowest BCUT2D eigenvalue weighted by molar-refractivity contribution is -0.137. The number of rotatable bonds is 6. The lowest BCUT2D eigenvalue weighted by atomic mass is 9.97. The van der Waals surface area contributed by atoms with Gasteiger partial charge in [0.2, 0.25) is 0 Å². The lowest BCUT2D eigenvalue weighted by Gasteiger charge is -2.13. The van der Waals surface area contributed by atoms with Crippen LogP contribution in [0.5, 0.6) is 0 Å². The third-order valence-electron chi connectivity index (χ3n) is 5.95. The first-order chi connectivity index (χ1) is 17.8. The monoisotopic (exact) mass is 542 g/mol. The largest absolute Gasteiger partial charge is 0.416 e. The molecule has 5 rings (SSSR count). The Morgan fingerprint density at radius 3 is 2.57 bits per heavy atom. The van der Waals surface area contributed by atoms with Crippen molar-refractivity contribution in [3.63, 3.8) is 0 Å². The van der Waals surface area contributed by atoms with E-state index in [1.165, 1.54) is 23.2 Å². The number of nitrogens with one attached hydrogen (secondary N) is 1. The first kappa shape index (κ1) is 25.2. The van der Waals surface area contributed by atoms with E-state index in [0.717, 1.165) is 55.1 Å². The number of aromatic nitrogens is 2. The van der Waals surface area contributed by atoms with Crippen LogP contribution in [0.1, 0.15) is 34.4 Å². The number of fused-ring (bicyclic) bond motifs is 3. The second-order valence-electron chi connectivity index (χ2n) is 8.46. The Balaban J connectivity index is 1.35. The number of nitrogens with zero attached hydrogens (tertiary/aromatic N) is 3. The summed E-state index contributed by atoms with van der Waals surface area (Å²) in [5, 5.41) is 4.90. The summed E-state index contributed by atoms with van der Waals surface area (Å²) in [6.07, 6.45) is 0.814. The molecule has 1 aliphatic carbocycles. The van der Waals surface area contributed by atoms with Gasteiger partial charge in [0.1, 0.15) is 4.83 Å². The second-order valence-corrected chi connectivity index (χ2v) is 10.5. The van der Waals surface area contributed by atoms with Crippen molar-refractivity contribution in [1.29, 1.82) is 0 Å². The summed E-state index contributed by atoms with van der Waals surface area (Å²) in [4.78, 5) is 32.8. The van der Waals surface area contributed by atoms with Gasteiger partial charge in [0, 0.05) is 4.88 Å². The Morgan fingerprint density at radius 2 is 1.84 bits per heavy atom. The van der Waals surface area contributed by atoms with E-state index >= 15 is 0 Å². The molecule has 0 unspecified atom stereocenters. The van der Waals surface area contributed by atoms with Crippen LogP contribution in [-0.4, -0.2) is 27.4 Å². The summed E-state index contributed by atoms with van der Waals surface area (Å²) in [6.45, 7) is 0. The lowest BCUT2D eigenvalue weighted by Crippen LogP contribution is -2.24. The number of alkyl halides is 3. The van der Waals surface area contributed by atoms with Crippen LogP contribution in [0.3, 0.4) is 0 Å². The predicted molar refractivity (Wildman–Crippen MR) is 140 cm³/mol. The molecule has 0 spiro atoms. The zero-order valence-corrected chi connectivity index (χ0v) is 21.1. The molecule has 2 heterocycles. The van der Waals surface area contributed by atoms with Crippen LogP contribution in [0.2, 0.25) is 0 Å². The third-order valence-corrected chi connectivity index (χ3v) is 8.07. The molecular formula is C26H21F3N4O2S2. The van der Waals surface area contributed by atoms with Crippen LogP contribution < -0.4 is 11.0 Å². The van der Waals surface area contributed by atoms with Crippen molar-refractivity contribution in [1.82, 2.24) is 15.0 Å². The molecule has 2 aromatic heterocycles. The molecule has 2 aromatic carbocycles. The average molecular weight is 543 g/mol. The molecule has 0 saturated heterocycles. The molecule has 190 valence electrons. The number of thiophene rings is 1. The van der Waals surface area contributed by atoms with E-state index in [2.05, 4.69) is 10.5 Å². The minimum Gasteiger partial charge on any atom is -0.272 e. The number of para-hydroxylation sites is 1. The van der Waals surface area contributed by atoms with E-state index in [4.69, 9.17) is 4.98 Å². The fourth-order valence-electron chi connectivity index (χ4n) is 4.19. The van der Waals surface area contributed by atoms with Crippen LogP contribution in [-0.2, 0) is 23.8 Å². The average Bonchev–Trinajstić information content (AvgIpc) is 3.26. The highest BCUT2D eigenvalue weighted by atomic mass is 32.2. The molecule has 0 saturated carbocycles. The van der Waals surface area contributed by atoms with Gasteiger partial charge in [-0.2, -0.15) is 18.3 Å². The summed E-state index contributed by atoms with van der Waals surface area (Å²) in [5.74, 6) is -0.493. The normalized spacial score (nSPS) is 13.7. The van der Waals surface area contributed by atoms with Crippen molar-refractivity contribution in [2.75, 3.05) is 5.75 Å². The third kappa shape index (κ3) is 5.47. The van der Waals surface area contributed by atoms with Gasteiger partial charge < -0.3 is 0 Å². The number of hydrazone groups is 1. The molecule has 4 aromatic rings. The quantitative estimate of drug-likeness (QED) is 0.149. The number of aryl methyl sites for hydroxylation is 2. The number of thioether (sulfide) groups is 1. The molecule has 0 bridgehead atoms. The standard InChI is InChI=1S/C26H21F3N4O2S2/c27-26(28,29)17-12-10-16(11-13-17)14-30-32-21(34)15-36-25-31-23-22(19-8-4-5-9-20(19)37-23)24(35)33(25)18-6-2-1-3-7-18/h1-3,6-7,10-14H,4-5,8-9,15H2,(H,32,34)/b30-14-. The van der Waals surface area contributed by atoms with E-state index in [9.17, 15) is 22.8 Å². The Bertz CT molecular complexity index is 1530. The fourth-order valence-corrected chi connectivity index (χ4v) is 6.29. The Kier molecular flexibility index (Phi) is 7.16. The first-order valence-electron chi connectivity index (χ1n) is 11.6. The van der Waals surface area contributed by atoms with Crippen LogP contribution in [0.4, 0.5) is 13.2 Å². The van der Waals surface area contributed by atoms with Gasteiger partial charge in [-0.1, -0.05) is 42.1 Å². The molecule has 6 nitrogen and oxygen atoms in total. The molecule has 37 heavy (non-hydrogen) atoms. The molecule has 11 heteroatoms. The van der Waals surface area contributed by atoms with E-state index in [-0.39, 0.29) is 11.3 Å². The van der Waals surface area contributed by atoms with Crippen molar-refractivity contribution in [3.05, 3.63) is 86.5 Å². The van der Waals surface area contributed by atoms with Gasteiger partial charge in [0.25, 0.3) is 11.5 Å². The Morgan fingerprint density at radius 1 is 1.11 bits per heavy atom. The molecule has 1 N–H and O–H groups in total. The minimum atomic E-state index is -4.42. The summed E-state index contributed by atoms with van der Waals surface area (Å²) >= 11 is 2.67. The van der Waals surface area contributed by atoms with E-state index in [0.29, 0.717) is 26.6 Å². The summed E-state index contributed by atoms with van der Waals surface area (Å²) in [5.41, 5.74) is 3.65. The molecule has 1 aliphatic rings. The first-order valence-corrected chi connectivity index (χ1v) is 13.4. The number of hydrogen-bond acceptors (Lipinski definition) is 6. The van der Waals surface area contributed by atoms with Crippen LogP contribution in [0.25, 0.3) is 15.9 Å². The zero-order chi connectivity index (χ0) is 26.0. The van der Waals surface area contributed by atoms with Gasteiger partial charge in [-0.05, 0) is 61.1 Å². The van der Waals surface area contributed by atoms with E-state index in [1.807, 2.05) is 30.3 Å². The molecule has 0 fully saturated rings. The number of hydrogen-bond donors (Lipinski definition) is 1. The summed E-state index contributed by atoms with van der Waals surface area (Å²) in [6, 6.07) is 13.6. The fraction of sp³-hybridized carbons (Fsp3) is 0.231. The van der Waals surface area contributed by atoms with Crippen molar-refractivity contribution in [3.8, 4) is 5.69 Å². The SMILES string of the molecule is O=C(CSc1nc2sc3c(c2c(=O)n1-c1ccccc1)CCCC3)N/N=C\c1ccc(C(F)(F)F)cc1. The van der Waals surface area contributed by atoms with Crippen molar-refractivity contribution in [2.24, 2.45) is 5.10 Å². The summed E-state index contributed by atoms with van der Waals surface area (Å²) in [7, 11) is 0. The maximum absolute atomic E-state index is 13.7. The Hall–Kier alpha value is -3.44. The van der Waals surface area contributed by atoms with Gasteiger partial charge in [0.05, 0.1) is 28.6 Å². The maximum Gasteiger partial charge on any atom is 0.416 e. The second kappa shape index (κ2) is 10.5. The van der Waals surface area contributed by atoms with Gasteiger partial charge in [0.15, 0.2) is 5.16 Å². The van der Waals surface area contributed by atoms with Crippen molar-refractivity contribution in [2.45, 2.75) is 37.0 Å². The molecule has 0 radical (unpaired) electrons. The number of carbonyl (C=O) groups excluding carboxylic acids is 1. The van der Waals surface area contributed by atoms with Crippen LogP contribution in [0, 0.1) is 0 Å². The Labute approximate surface area is 218 Å². The topological polar surface area (TPSA) is 76.3 Å². The molecule has 0 atom stereocenters. The minimum absolute atomic E-state index is 0.0553. The highest BCUT2D eigenvalue weighted by Gasteiger charge is 2.29. The highest BCUT2D eigenvalue weighted by molar-refractivity contribution is 7.99. The van der Waals surface area contributed by atoms with Gasteiger partial charge in [-0.15, -0.1) is 11.3 Å².